The van der Waals surface area contributed by atoms with Gasteiger partial charge in [-0.05, 0) is 40.8 Å². The number of hydrogen-bond donors (Lipinski definition) is 0. The van der Waals surface area contributed by atoms with Gasteiger partial charge in [0.1, 0.15) is 0 Å². The summed E-state index contributed by atoms with van der Waals surface area (Å²) < 4.78 is 3.61. The van der Waals surface area contributed by atoms with E-state index in [4.69, 9.17) is 0 Å². The highest BCUT2D eigenvalue weighted by Crippen LogP contribution is 2.19. The van der Waals surface area contributed by atoms with Crippen LogP contribution in [0, 0.1) is 3.57 Å². The van der Waals surface area contributed by atoms with Crippen LogP contribution >= 0.6 is 38.5 Å². The molecule has 0 spiro atoms. The second kappa shape index (κ2) is 4.44. The molecule has 3 nitrogen and oxygen atoms in total. The number of aromatic nitrogens is 2. The molecule has 0 atom stereocenters. The summed E-state index contributed by atoms with van der Waals surface area (Å²) in [5.74, 6) is 0. The first-order chi connectivity index (χ1) is 7.20. The first-order valence-electron chi connectivity index (χ1n) is 4.16. The number of carbonyl (C=O) groups excluding carboxylic acids is 1. The van der Waals surface area contributed by atoms with Gasteiger partial charge in [0.05, 0.1) is 15.5 Å². The molecule has 1 aromatic heterocycles. The Hall–Kier alpha value is -0.690. The van der Waals surface area contributed by atoms with Gasteiger partial charge in [-0.3, -0.25) is 4.79 Å². The Morgan fingerprint density at radius 2 is 2.27 bits per heavy atom. The third-order valence-electron chi connectivity index (χ3n) is 1.91. The highest BCUT2D eigenvalue weighted by atomic mass is 127. The van der Waals surface area contributed by atoms with Crippen LogP contribution in [-0.2, 0) is 0 Å². The summed E-state index contributed by atoms with van der Waals surface area (Å²) >= 11 is 5.50. The molecule has 0 unspecified atom stereocenters. The third kappa shape index (κ3) is 2.28. The summed E-state index contributed by atoms with van der Waals surface area (Å²) in [7, 11) is 0. The molecule has 0 bridgehead atoms. The topological polar surface area (TPSA) is 34.9 Å². The van der Waals surface area contributed by atoms with E-state index in [0.717, 1.165) is 20.0 Å². The largest absolute Gasteiger partial charge is 0.298 e. The van der Waals surface area contributed by atoms with Crippen molar-refractivity contribution >= 4 is 44.8 Å². The number of rotatable bonds is 2. The van der Waals surface area contributed by atoms with Gasteiger partial charge in [0, 0.05) is 16.2 Å². The van der Waals surface area contributed by atoms with Crippen molar-refractivity contribution in [2.45, 2.75) is 0 Å². The van der Waals surface area contributed by atoms with Crippen LogP contribution < -0.4 is 0 Å². The van der Waals surface area contributed by atoms with Gasteiger partial charge in [0.2, 0.25) is 0 Å². The summed E-state index contributed by atoms with van der Waals surface area (Å²) in [6.45, 7) is 0. The molecule has 0 saturated carbocycles. The minimum Gasteiger partial charge on any atom is -0.298 e. The average Bonchev–Trinajstić information content (AvgIpc) is 2.64. The van der Waals surface area contributed by atoms with Crippen LogP contribution in [0.15, 0.2) is 35.1 Å². The van der Waals surface area contributed by atoms with E-state index in [-0.39, 0.29) is 0 Å². The predicted molar refractivity (Wildman–Crippen MR) is 69.4 cm³/mol. The monoisotopic (exact) mass is 376 g/mol. The van der Waals surface area contributed by atoms with Crippen molar-refractivity contribution in [3.05, 3.63) is 44.2 Å². The fourth-order valence-corrected chi connectivity index (χ4v) is 2.03. The van der Waals surface area contributed by atoms with Crippen LogP contribution in [0.5, 0.6) is 0 Å². The first kappa shape index (κ1) is 10.8. The Kier molecular flexibility index (Phi) is 3.20. The molecule has 1 heterocycles. The normalized spacial score (nSPS) is 10.3. The summed E-state index contributed by atoms with van der Waals surface area (Å²) in [6.07, 6.45) is 4.45. The molecule has 0 aliphatic carbocycles. The van der Waals surface area contributed by atoms with Gasteiger partial charge in [-0.15, -0.1) is 0 Å². The minimum atomic E-state index is 0.615. The molecular formula is C10H6BrIN2O. The molecule has 0 radical (unpaired) electrons. The lowest BCUT2D eigenvalue weighted by Crippen LogP contribution is -1.99. The Balaban J connectivity index is 2.57. The predicted octanol–water partition coefficient (Wildman–Crippen LogP) is 3.05. The molecule has 0 N–H and O–H groups in total. The van der Waals surface area contributed by atoms with Crippen molar-refractivity contribution in [2.75, 3.05) is 0 Å². The van der Waals surface area contributed by atoms with Crippen LogP contribution in [0.4, 0.5) is 0 Å². The van der Waals surface area contributed by atoms with Gasteiger partial charge < -0.3 is 0 Å². The number of nitrogens with zero attached hydrogens (tertiary/aromatic N) is 2. The maximum atomic E-state index is 10.9. The zero-order chi connectivity index (χ0) is 10.8. The van der Waals surface area contributed by atoms with Crippen LogP contribution in [0.2, 0.25) is 0 Å². The lowest BCUT2D eigenvalue weighted by molar-refractivity contribution is 0.112. The van der Waals surface area contributed by atoms with E-state index in [1.807, 2.05) is 18.3 Å². The number of carbonyl (C=O) groups is 1. The number of halogens is 2. The Bertz CT molecular complexity index is 510. The lowest BCUT2D eigenvalue weighted by atomic mass is 10.2. The van der Waals surface area contributed by atoms with E-state index in [0.29, 0.717) is 5.56 Å². The van der Waals surface area contributed by atoms with Gasteiger partial charge in [-0.25, -0.2) is 4.68 Å². The smallest absolute Gasteiger partial charge is 0.152 e. The van der Waals surface area contributed by atoms with E-state index in [9.17, 15) is 4.79 Å². The maximum absolute atomic E-state index is 10.9. The summed E-state index contributed by atoms with van der Waals surface area (Å²) in [5, 5.41) is 4.16. The Labute approximate surface area is 109 Å². The number of benzene rings is 1. The molecule has 0 fully saturated rings. The molecule has 15 heavy (non-hydrogen) atoms. The number of aldehydes is 1. The van der Waals surface area contributed by atoms with Crippen molar-refractivity contribution in [1.29, 1.82) is 0 Å². The summed E-state index contributed by atoms with van der Waals surface area (Å²) in [4.78, 5) is 10.9. The van der Waals surface area contributed by atoms with Crippen LogP contribution in [0.1, 0.15) is 10.4 Å². The Morgan fingerprint density at radius 1 is 1.47 bits per heavy atom. The van der Waals surface area contributed by atoms with Crippen molar-refractivity contribution in [3.8, 4) is 5.69 Å². The summed E-state index contributed by atoms with van der Waals surface area (Å²) in [6, 6.07) is 5.52. The second-order valence-electron chi connectivity index (χ2n) is 2.92. The number of hydrogen-bond acceptors (Lipinski definition) is 2. The maximum Gasteiger partial charge on any atom is 0.152 e. The quantitative estimate of drug-likeness (QED) is 0.596. The minimum absolute atomic E-state index is 0.615. The van der Waals surface area contributed by atoms with E-state index in [1.54, 1.807) is 16.9 Å². The molecule has 5 heteroatoms. The van der Waals surface area contributed by atoms with Gasteiger partial charge >= 0.3 is 0 Å². The molecule has 0 saturated heterocycles. The molecule has 2 rings (SSSR count). The zero-order valence-corrected chi connectivity index (χ0v) is 11.3. The first-order valence-corrected chi connectivity index (χ1v) is 6.03. The molecule has 76 valence electrons. The molecule has 0 aliphatic rings. The van der Waals surface area contributed by atoms with E-state index >= 15 is 0 Å². The van der Waals surface area contributed by atoms with Crippen molar-refractivity contribution in [2.24, 2.45) is 0 Å². The fraction of sp³-hybridized carbons (Fsp3) is 0. The summed E-state index contributed by atoms with van der Waals surface area (Å²) in [5.41, 5.74) is 1.40. The third-order valence-corrected chi connectivity index (χ3v) is 2.96. The molecule has 1 aromatic carbocycles. The van der Waals surface area contributed by atoms with Crippen LogP contribution in [0.25, 0.3) is 5.69 Å². The highest BCUT2D eigenvalue weighted by Gasteiger charge is 2.05. The van der Waals surface area contributed by atoms with E-state index in [2.05, 4.69) is 43.6 Å². The molecular weight excluding hydrogens is 371 g/mol. The zero-order valence-electron chi connectivity index (χ0n) is 7.52. The standard InChI is InChI=1S/C10H6BrIN2O/c11-8-1-2-10(7(3-8)6-15)14-5-9(12)4-13-14/h1-6H. The van der Waals surface area contributed by atoms with Crippen LogP contribution in [0.3, 0.4) is 0 Å². The van der Waals surface area contributed by atoms with E-state index in [1.165, 1.54) is 0 Å². The van der Waals surface area contributed by atoms with Gasteiger partial charge in [-0.1, -0.05) is 15.9 Å². The highest BCUT2D eigenvalue weighted by molar-refractivity contribution is 14.1. The van der Waals surface area contributed by atoms with Gasteiger partial charge in [0.15, 0.2) is 6.29 Å². The van der Waals surface area contributed by atoms with E-state index < -0.39 is 0 Å². The van der Waals surface area contributed by atoms with Crippen molar-refractivity contribution in [1.82, 2.24) is 9.78 Å². The van der Waals surface area contributed by atoms with Gasteiger partial charge in [0.25, 0.3) is 0 Å². The Morgan fingerprint density at radius 3 is 2.87 bits per heavy atom. The lowest BCUT2D eigenvalue weighted by Gasteiger charge is -2.04. The average molecular weight is 377 g/mol. The molecule has 0 aliphatic heterocycles. The second-order valence-corrected chi connectivity index (χ2v) is 5.09. The fourth-order valence-electron chi connectivity index (χ4n) is 1.26. The van der Waals surface area contributed by atoms with Crippen LogP contribution in [-0.4, -0.2) is 16.1 Å². The van der Waals surface area contributed by atoms with Crippen molar-refractivity contribution < 1.29 is 4.79 Å². The molecule has 2 aromatic rings. The molecule has 0 amide bonds. The van der Waals surface area contributed by atoms with Gasteiger partial charge in [-0.2, -0.15) is 5.10 Å². The van der Waals surface area contributed by atoms with Crippen molar-refractivity contribution in [3.63, 3.8) is 0 Å². The SMILES string of the molecule is O=Cc1cc(Br)ccc1-n1cc(I)cn1.